The molecule has 23 heavy (non-hydrogen) atoms. The molecule has 2 aliphatic carbocycles. The summed E-state index contributed by atoms with van der Waals surface area (Å²) in [5.74, 6) is -2.20. The molecule has 0 saturated heterocycles. The molecule has 0 unspecified atom stereocenters. The number of hydrogen-bond acceptors (Lipinski definition) is 3. The molecule has 0 heterocycles. The third kappa shape index (κ3) is 3.73. The molecule has 2 aliphatic rings. The number of rotatable bonds is 4. The molecule has 128 valence electrons. The monoisotopic (exact) mass is 398 g/mol. The lowest BCUT2D eigenvalue weighted by atomic mass is 10.1. The van der Waals surface area contributed by atoms with Gasteiger partial charge >= 0.3 is 11.9 Å². The Labute approximate surface area is 155 Å². The predicted molar refractivity (Wildman–Crippen MR) is 92.2 cm³/mol. The first kappa shape index (κ1) is 19.1. The molecular formula is C16H18Cl4O3. The van der Waals surface area contributed by atoms with E-state index in [1.807, 2.05) is 27.7 Å². The standard InChI is InChI=1S/C16H18Cl4O3/c1-15(2)7(5-9(17)18)11(15)13(21)23-14(22)12-8(6-10(19)20)16(12,3)4/h5-8,11-12H,1-4H3/t7-,8+,11-,12-/m1/s1. The van der Waals surface area contributed by atoms with Gasteiger partial charge in [0, 0.05) is 0 Å². The van der Waals surface area contributed by atoms with Crippen LogP contribution in [0.25, 0.3) is 0 Å². The van der Waals surface area contributed by atoms with Gasteiger partial charge in [-0.05, 0) is 34.8 Å². The Bertz CT molecular complexity index is 546. The van der Waals surface area contributed by atoms with E-state index in [1.54, 1.807) is 12.2 Å². The van der Waals surface area contributed by atoms with Gasteiger partial charge in [0.25, 0.3) is 0 Å². The first-order chi connectivity index (χ1) is 10.4. The summed E-state index contributed by atoms with van der Waals surface area (Å²) in [6, 6.07) is 0. The van der Waals surface area contributed by atoms with Crippen LogP contribution in [0, 0.1) is 34.5 Å². The van der Waals surface area contributed by atoms with E-state index in [1.165, 1.54) is 0 Å². The van der Waals surface area contributed by atoms with Crippen LogP contribution in [0.3, 0.4) is 0 Å². The number of ether oxygens (including phenoxy) is 1. The minimum Gasteiger partial charge on any atom is -0.393 e. The van der Waals surface area contributed by atoms with E-state index in [0.717, 1.165) is 0 Å². The topological polar surface area (TPSA) is 43.4 Å². The molecule has 3 nitrogen and oxygen atoms in total. The van der Waals surface area contributed by atoms with Gasteiger partial charge in [0.2, 0.25) is 0 Å². The fraction of sp³-hybridized carbons (Fsp3) is 0.625. The van der Waals surface area contributed by atoms with Crippen LogP contribution in [0.4, 0.5) is 0 Å². The molecule has 2 rings (SSSR count). The van der Waals surface area contributed by atoms with E-state index < -0.39 is 23.8 Å². The van der Waals surface area contributed by atoms with Crippen molar-refractivity contribution in [2.45, 2.75) is 27.7 Å². The van der Waals surface area contributed by atoms with Crippen molar-refractivity contribution in [3.8, 4) is 0 Å². The average molecular weight is 400 g/mol. The molecule has 0 aliphatic heterocycles. The van der Waals surface area contributed by atoms with Gasteiger partial charge in [-0.25, -0.2) is 0 Å². The van der Waals surface area contributed by atoms with Crippen molar-refractivity contribution in [2.24, 2.45) is 34.5 Å². The van der Waals surface area contributed by atoms with Crippen LogP contribution in [0.1, 0.15) is 27.7 Å². The fourth-order valence-corrected chi connectivity index (χ4v) is 3.92. The summed E-state index contributed by atoms with van der Waals surface area (Å²) < 4.78 is 5.30. The second-order valence-corrected chi connectivity index (χ2v) is 9.32. The second-order valence-electron chi connectivity index (χ2n) is 7.30. The quantitative estimate of drug-likeness (QED) is 0.479. The van der Waals surface area contributed by atoms with E-state index in [2.05, 4.69) is 0 Å². The van der Waals surface area contributed by atoms with Crippen molar-refractivity contribution in [3.63, 3.8) is 0 Å². The van der Waals surface area contributed by atoms with Gasteiger partial charge in [-0.3, -0.25) is 9.59 Å². The van der Waals surface area contributed by atoms with Crippen LogP contribution in [0.15, 0.2) is 21.1 Å². The van der Waals surface area contributed by atoms with E-state index >= 15 is 0 Å². The van der Waals surface area contributed by atoms with Crippen molar-refractivity contribution in [2.75, 3.05) is 0 Å². The molecule has 7 heteroatoms. The molecule has 0 aromatic heterocycles. The van der Waals surface area contributed by atoms with Gasteiger partial charge in [-0.1, -0.05) is 74.1 Å². The van der Waals surface area contributed by atoms with E-state index in [4.69, 9.17) is 51.1 Å². The third-order valence-electron chi connectivity index (χ3n) is 5.14. The van der Waals surface area contributed by atoms with Gasteiger partial charge in [-0.2, -0.15) is 0 Å². The first-order valence-electron chi connectivity index (χ1n) is 7.22. The van der Waals surface area contributed by atoms with Gasteiger partial charge in [0.1, 0.15) is 8.98 Å². The second kappa shape index (κ2) is 6.25. The van der Waals surface area contributed by atoms with E-state index in [0.29, 0.717) is 0 Å². The molecule has 0 aromatic carbocycles. The Balaban J connectivity index is 2.01. The van der Waals surface area contributed by atoms with Crippen LogP contribution in [0.2, 0.25) is 0 Å². The molecule has 2 saturated carbocycles. The Hall–Kier alpha value is -0.220. The fourth-order valence-electron chi connectivity index (χ4n) is 3.38. The maximum Gasteiger partial charge on any atom is 0.317 e. The largest absolute Gasteiger partial charge is 0.393 e. The zero-order valence-electron chi connectivity index (χ0n) is 13.2. The van der Waals surface area contributed by atoms with Crippen LogP contribution < -0.4 is 0 Å². The molecule has 4 atom stereocenters. The number of allylic oxidation sites excluding steroid dienone is 2. The summed E-state index contributed by atoms with van der Waals surface area (Å²) in [7, 11) is 0. The highest BCUT2D eigenvalue weighted by Gasteiger charge is 2.65. The lowest BCUT2D eigenvalue weighted by Gasteiger charge is -2.05. The highest BCUT2D eigenvalue weighted by Crippen LogP contribution is 2.62. The third-order valence-corrected chi connectivity index (χ3v) is 5.65. The Morgan fingerprint density at radius 3 is 1.35 bits per heavy atom. The molecule has 0 aromatic rings. The van der Waals surface area contributed by atoms with Crippen molar-refractivity contribution in [1.29, 1.82) is 0 Å². The van der Waals surface area contributed by atoms with Gasteiger partial charge in [-0.15, -0.1) is 0 Å². The van der Waals surface area contributed by atoms with Crippen molar-refractivity contribution >= 4 is 58.3 Å². The SMILES string of the molecule is CC1(C)[C@H](C=C(Cl)Cl)[C@@H]1C(=O)OC(=O)[C@H]1[C@H](C=C(Cl)Cl)C1(C)C. The number of carbonyl (C=O) groups excluding carboxylic acids is 2. The molecule has 2 fully saturated rings. The minimum absolute atomic E-state index is 0.106. The van der Waals surface area contributed by atoms with E-state index in [-0.39, 0.29) is 31.6 Å². The summed E-state index contributed by atoms with van der Waals surface area (Å²) in [6.07, 6.45) is 3.22. The highest BCUT2D eigenvalue weighted by molar-refractivity contribution is 6.56. The number of esters is 2. The first-order valence-corrected chi connectivity index (χ1v) is 8.73. The van der Waals surface area contributed by atoms with Gasteiger partial charge < -0.3 is 4.74 Å². The van der Waals surface area contributed by atoms with Crippen LogP contribution in [-0.4, -0.2) is 11.9 Å². The summed E-state index contributed by atoms with van der Waals surface area (Å²) >= 11 is 22.6. The lowest BCUT2D eigenvalue weighted by molar-refractivity contribution is -0.162. The molecule has 0 amide bonds. The number of hydrogen-bond donors (Lipinski definition) is 0. The maximum atomic E-state index is 12.3. The average Bonchev–Trinajstić information content (AvgIpc) is 3.08. The summed E-state index contributed by atoms with van der Waals surface area (Å²) in [5.41, 5.74) is -0.658. The molecule has 0 bridgehead atoms. The van der Waals surface area contributed by atoms with Crippen molar-refractivity contribution in [1.82, 2.24) is 0 Å². The van der Waals surface area contributed by atoms with E-state index in [9.17, 15) is 9.59 Å². The number of halogens is 4. The Morgan fingerprint density at radius 1 is 0.783 bits per heavy atom. The Morgan fingerprint density at radius 2 is 1.09 bits per heavy atom. The molecule has 0 N–H and O–H groups in total. The van der Waals surface area contributed by atoms with Gasteiger partial charge in [0.15, 0.2) is 0 Å². The zero-order valence-corrected chi connectivity index (χ0v) is 16.2. The van der Waals surface area contributed by atoms with Crippen molar-refractivity contribution in [3.05, 3.63) is 21.1 Å². The summed E-state index contributed by atoms with van der Waals surface area (Å²) in [5, 5.41) is 0. The highest BCUT2D eigenvalue weighted by atomic mass is 35.5. The maximum absolute atomic E-state index is 12.3. The summed E-state index contributed by atoms with van der Waals surface area (Å²) in [6.45, 7) is 7.62. The van der Waals surface area contributed by atoms with Crippen LogP contribution >= 0.6 is 46.4 Å². The predicted octanol–water partition coefficient (Wildman–Crippen LogP) is 5.24. The lowest BCUT2D eigenvalue weighted by Crippen LogP contribution is -2.19. The van der Waals surface area contributed by atoms with Crippen LogP contribution in [0.5, 0.6) is 0 Å². The van der Waals surface area contributed by atoms with Crippen molar-refractivity contribution < 1.29 is 14.3 Å². The molecular weight excluding hydrogens is 382 g/mol. The minimum atomic E-state index is -0.543. The summed E-state index contributed by atoms with van der Waals surface area (Å²) in [4.78, 5) is 24.5. The number of carbonyl (C=O) groups is 2. The van der Waals surface area contributed by atoms with Gasteiger partial charge in [0.05, 0.1) is 11.8 Å². The molecule has 0 radical (unpaired) electrons. The Kier molecular flexibility index (Phi) is 5.20. The zero-order chi connectivity index (χ0) is 17.7. The van der Waals surface area contributed by atoms with Crippen LogP contribution in [-0.2, 0) is 14.3 Å². The smallest absolute Gasteiger partial charge is 0.317 e. The molecule has 0 spiro atoms. The normalized spacial score (nSPS) is 32.5.